The van der Waals surface area contributed by atoms with Crippen LogP contribution in [0.25, 0.3) is 11.9 Å². The lowest BCUT2D eigenvalue weighted by molar-refractivity contribution is -0.116. The first-order chi connectivity index (χ1) is 13.2. The summed E-state index contributed by atoms with van der Waals surface area (Å²) >= 11 is 0. The lowest BCUT2D eigenvalue weighted by atomic mass is 10.1. The molecule has 0 fully saturated rings. The Morgan fingerprint density at radius 1 is 1.11 bits per heavy atom. The number of benzene rings is 1. The normalized spacial score (nSPS) is 10.7. The van der Waals surface area contributed by atoms with Crippen LogP contribution in [-0.2, 0) is 11.3 Å². The van der Waals surface area contributed by atoms with Gasteiger partial charge in [-0.3, -0.25) is 9.59 Å². The minimum atomic E-state index is -0.222. The van der Waals surface area contributed by atoms with Gasteiger partial charge in [-0.05, 0) is 35.9 Å². The fraction of sp³-hybridized carbons (Fsp3) is 0.100. The zero-order chi connectivity index (χ0) is 19.1. The maximum Gasteiger partial charge on any atom is 0.251 e. The van der Waals surface area contributed by atoms with E-state index < -0.39 is 0 Å². The topological polar surface area (TPSA) is 88.9 Å². The lowest BCUT2D eigenvalue weighted by Gasteiger charge is -2.08. The van der Waals surface area contributed by atoms with E-state index in [0.717, 1.165) is 11.1 Å². The van der Waals surface area contributed by atoms with Gasteiger partial charge in [-0.2, -0.15) is 5.10 Å². The Morgan fingerprint density at radius 3 is 2.63 bits per heavy atom. The quantitative estimate of drug-likeness (QED) is 0.657. The van der Waals surface area contributed by atoms with E-state index in [9.17, 15) is 9.59 Å². The van der Waals surface area contributed by atoms with Gasteiger partial charge in [0.15, 0.2) is 5.82 Å². The van der Waals surface area contributed by atoms with Crippen molar-refractivity contribution in [2.45, 2.75) is 6.54 Å². The van der Waals surface area contributed by atoms with Gasteiger partial charge in [0, 0.05) is 49.4 Å². The Hall–Kier alpha value is -3.74. The lowest BCUT2D eigenvalue weighted by Crippen LogP contribution is -2.21. The molecule has 2 aromatic heterocycles. The summed E-state index contributed by atoms with van der Waals surface area (Å²) in [5.74, 6) is 0.310. The van der Waals surface area contributed by atoms with E-state index in [-0.39, 0.29) is 11.8 Å². The van der Waals surface area contributed by atoms with E-state index in [1.165, 1.54) is 6.08 Å². The molecule has 0 aliphatic heterocycles. The van der Waals surface area contributed by atoms with Crippen LogP contribution < -0.4 is 10.6 Å². The third-order valence-electron chi connectivity index (χ3n) is 3.87. The average molecular weight is 361 g/mol. The number of rotatable bonds is 6. The van der Waals surface area contributed by atoms with Crippen molar-refractivity contribution in [2.24, 2.45) is 0 Å². The summed E-state index contributed by atoms with van der Waals surface area (Å²) in [5, 5.41) is 9.58. The molecule has 7 nitrogen and oxygen atoms in total. The van der Waals surface area contributed by atoms with Gasteiger partial charge in [0.25, 0.3) is 5.91 Å². The predicted octanol–water partition coefficient (Wildman–Crippen LogP) is 1.96. The summed E-state index contributed by atoms with van der Waals surface area (Å²) in [5.41, 5.74) is 2.26. The zero-order valence-electron chi connectivity index (χ0n) is 14.8. The molecule has 3 rings (SSSR count). The van der Waals surface area contributed by atoms with Crippen molar-refractivity contribution in [3.8, 4) is 5.82 Å². The van der Waals surface area contributed by atoms with Crippen molar-refractivity contribution in [1.82, 2.24) is 25.4 Å². The largest absolute Gasteiger partial charge is 0.355 e. The summed E-state index contributed by atoms with van der Waals surface area (Å²) in [6.07, 6.45) is 8.31. The SMILES string of the molecule is CNC(=O)c1ccc(/C=C/C(=O)NCc2cccnc2-n2cccn2)cc1. The first-order valence-electron chi connectivity index (χ1n) is 8.39. The van der Waals surface area contributed by atoms with Gasteiger partial charge in [-0.25, -0.2) is 9.67 Å². The van der Waals surface area contributed by atoms with Gasteiger partial charge < -0.3 is 10.6 Å². The molecule has 2 N–H and O–H groups in total. The van der Waals surface area contributed by atoms with E-state index in [1.54, 1.807) is 60.7 Å². The van der Waals surface area contributed by atoms with Crippen LogP contribution in [0.1, 0.15) is 21.5 Å². The molecule has 27 heavy (non-hydrogen) atoms. The number of hydrogen-bond acceptors (Lipinski definition) is 4. The third-order valence-corrected chi connectivity index (χ3v) is 3.87. The highest BCUT2D eigenvalue weighted by atomic mass is 16.2. The minimum Gasteiger partial charge on any atom is -0.355 e. The molecule has 2 heterocycles. The van der Waals surface area contributed by atoms with E-state index in [0.29, 0.717) is 17.9 Å². The van der Waals surface area contributed by atoms with Crippen molar-refractivity contribution >= 4 is 17.9 Å². The second-order valence-corrected chi connectivity index (χ2v) is 5.69. The number of carbonyl (C=O) groups is 2. The number of nitrogens with zero attached hydrogens (tertiary/aromatic N) is 3. The molecule has 0 spiro atoms. The Bertz CT molecular complexity index is 947. The number of nitrogens with one attached hydrogen (secondary N) is 2. The Labute approximate surface area is 156 Å². The Kier molecular flexibility index (Phi) is 5.73. The van der Waals surface area contributed by atoms with Gasteiger partial charge >= 0.3 is 0 Å². The average Bonchev–Trinajstić information content (AvgIpc) is 3.25. The minimum absolute atomic E-state index is 0.146. The molecule has 136 valence electrons. The van der Waals surface area contributed by atoms with Crippen LogP contribution in [0.5, 0.6) is 0 Å². The monoisotopic (exact) mass is 361 g/mol. The molecule has 3 aromatic rings. The summed E-state index contributed by atoms with van der Waals surface area (Å²) in [4.78, 5) is 27.9. The van der Waals surface area contributed by atoms with Crippen molar-refractivity contribution in [3.63, 3.8) is 0 Å². The van der Waals surface area contributed by atoms with Crippen LogP contribution in [0.4, 0.5) is 0 Å². The summed E-state index contributed by atoms with van der Waals surface area (Å²) < 4.78 is 1.66. The van der Waals surface area contributed by atoms with Crippen LogP contribution in [0, 0.1) is 0 Å². The van der Waals surface area contributed by atoms with Crippen LogP contribution in [0.15, 0.2) is 67.1 Å². The van der Waals surface area contributed by atoms with E-state index in [2.05, 4.69) is 20.7 Å². The number of pyridine rings is 1. The van der Waals surface area contributed by atoms with Gasteiger partial charge in [-0.1, -0.05) is 18.2 Å². The maximum absolute atomic E-state index is 12.1. The molecule has 0 radical (unpaired) electrons. The van der Waals surface area contributed by atoms with E-state index >= 15 is 0 Å². The maximum atomic E-state index is 12.1. The highest BCUT2D eigenvalue weighted by Gasteiger charge is 2.07. The number of carbonyl (C=O) groups excluding carboxylic acids is 2. The number of hydrogen-bond donors (Lipinski definition) is 2. The molecule has 0 saturated carbocycles. The van der Waals surface area contributed by atoms with Crippen molar-refractivity contribution in [2.75, 3.05) is 7.05 Å². The van der Waals surface area contributed by atoms with Crippen LogP contribution in [0.3, 0.4) is 0 Å². The second-order valence-electron chi connectivity index (χ2n) is 5.69. The van der Waals surface area contributed by atoms with E-state index in [4.69, 9.17) is 0 Å². The molecular formula is C20H19N5O2. The first kappa shape index (κ1) is 18.1. The van der Waals surface area contributed by atoms with Crippen molar-refractivity contribution < 1.29 is 9.59 Å². The fourth-order valence-electron chi connectivity index (χ4n) is 2.47. The molecule has 0 bridgehead atoms. The molecule has 1 aromatic carbocycles. The molecule has 0 unspecified atom stereocenters. The number of amides is 2. The number of aromatic nitrogens is 3. The highest BCUT2D eigenvalue weighted by Crippen LogP contribution is 2.10. The van der Waals surface area contributed by atoms with Crippen LogP contribution in [0.2, 0.25) is 0 Å². The third kappa shape index (κ3) is 4.66. The van der Waals surface area contributed by atoms with Gasteiger partial charge in [0.1, 0.15) is 0 Å². The molecular weight excluding hydrogens is 342 g/mol. The molecule has 0 saturated heterocycles. The Balaban J connectivity index is 1.60. The van der Waals surface area contributed by atoms with Crippen molar-refractivity contribution in [3.05, 3.63) is 83.8 Å². The smallest absolute Gasteiger partial charge is 0.251 e. The molecule has 0 aliphatic rings. The van der Waals surface area contributed by atoms with Gasteiger partial charge in [0.05, 0.1) is 0 Å². The van der Waals surface area contributed by atoms with Crippen molar-refractivity contribution in [1.29, 1.82) is 0 Å². The Morgan fingerprint density at radius 2 is 1.93 bits per heavy atom. The molecule has 0 aliphatic carbocycles. The predicted molar refractivity (Wildman–Crippen MR) is 102 cm³/mol. The van der Waals surface area contributed by atoms with E-state index in [1.807, 2.05) is 18.2 Å². The second kappa shape index (κ2) is 8.57. The van der Waals surface area contributed by atoms with Crippen LogP contribution in [-0.4, -0.2) is 33.6 Å². The van der Waals surface area contributed by atoms with Crippen LogP contribution >= 0.6 is 0 Å². The first-order valence-corrected chi connectivity index (χ1v) is 8.39. The summed E-state index contributed by atoms with van der Waals surface area (Å²) in [7, 11) is 1.58. The van der Waals surface area contributed by atoms with Gasteiger partial charge in [-0.15, -0.1) is 0 Å². The fourth-order valence-corrected chi connectivity index (χ4v) is 2.47. The standard InChI is InChI=1S/C20H19N5O2/c1-21-20(27)16-8-5-15(6-9-16)7-10-18(26)23-14-17-4-2-11-22-19(17)25-13-3-12-24-25/h2-13H,14H2,1H3,(H,21,27)(H,23,26)/b10-7+. The summed E-state index contributed by atoms with van der Waals surface area (Å²) in [6, 6.07) is 12.5. The molecule has 0 atom stereocenters. The summed E-state index contributed by atoms with van der Waals surface area (Å²) in [6.45, 7) is 0.335. The highest BCUT2D eigenvalue weighted by molar-refractivity contribution is 5.94. The zero-order valence-corrected chi connectivity index (χ0v) is 14.8. The van der Waals surface area contributed by atoms with Gasteiger partial charge in [0.2, 0.25) is 5.91 Å². The molecule has 2 amide bonds. The molecule has 7 heteroatoms.